The second-order valence-corrected chi connectivity index (χ2v) is 5.84. The Kier molecular flexibility index (Phi) is 5.16. The summed E-state index contributed by atoms with van der Waals surface area (Å²) in [6.45, 7) is 2.83. The largest absolute Gasteiger partial charge is 0.493 e. The Labute approximate surface area is 141 Å². The number of aromatic nitrogens is 1. The molecular weight excluding hydrogens is 300 g/mol. The first-order valence-electron chi connectivity index (χ1n) is 8.23. The van der Waals surface area contributed by atoms with Crippen molar-refractivity contribution in [3.63, 3.8) is 0 Å². The van der Waals surface area contributed by atoms with E-state index in [2.05, 4.69) is 28.5 Å². The number of H-pyrrole nitrogens is 1. The Morgan fingerprint density at radius 2 is 1.96 bits per heavy atom. The van der Waals surface area contributed by atoms with Gasteiger partial charge in [0.25, 0.3) is 0 Å². The van der Waals surface area contributed by atoms with Crippen molar-refractivity contribution in [2.45, 2.75) is 19.8 Å². The Morgan fingerprint density at radius 1 is 1.12 bits per heavy atom. The number of amides is 1. The molecule has 1 aromatic heterocycles. The summed E-state index contributed by atoms with van der Waals surface area (Å²) in [5.41, 5.74) is 3.55. The number of ether oxygens (including phenoxy) is 1. The molecule has 0 aliphatic heterocycles. The zero-order valence-electron chi connectivity index (χ0n) is 13.8. The molecule has 1 heterocycles. The molecular formula is C20H22N2O2. The van der Waals surface area contributed by atoms with Crippen LogP contribution >= 0.6 is 0 Å². The Hall–Kier alpha value is -2.75. The van der Waals surface area contributed by atoms with Crippen LogP contribution in [0.2, 0.25) is 0 Å². The fraction of sp³-hybridized carbons (Fsp3) is 0.250. The average molecular weight is 322 g/mol. The van der Waals surface area contributed by atoms with Crippen LogP contribution < -0.4 is 10.1 Å². The van der Waals surface area contributed by atoms with Gasteiger partial charge in [-0.3, -0.25) is 4.79 Å². The Bertz CT molecular complexity index is 809. The highest BCUT2D eigenvalue weighted by molar-refractivity contribution is 5.84. The van der Waals surface area contributed by atoms with E-state index in [1.807, 2.05) is 36.5 Å². The van der Waals surface area contributed by atoms with Crippen molar-refractivity contribution < 1.29 is 9.53 Å². The van der Waals surface area contributed by atoms with Crippen LogP contribution in [0.4, 0.5) is 0 Å². The Morgan fingerprint density at radius 3 is 2.75 bits per heavy atom. The summed E-state index contributed by atoms with van der Waals surface area (Å²) in [6.07, 6.45) is 3.69. The number of hydrogen-bond donors (Lipinski definition) is 2. The van der Waals surface area contributed by atoms with Gasteiger partial charge in [0.05, 0.1) is 6.61 Å². The highest BCUT2D eigenvalue weighted by atomic mass is 16.5. The highest BCUT2D eigenvalue weighted by Gasteiger charge is 2.06. The van der Waals surface area contributed by atoms with E-state index in [9.17, 15) is 4.79 Å². The first-order valence-corrected chi connectivity index (χ1v) is 8.23. The third kappa shape index (κ3) is 4.16. The molecule has 0 aliphatic carbocycles. The Balaban J connectivity index is 1.62. The summed E-state index contributed by atoms with van der Waals surface area (Å²) in [6, 6.07) is 16.4. The van der Waals surface area contributed by atoms with Gasteiger partial charge in [0.1, 0.15) is 5.75 Å². The minimum Gasteiger partial charge on any atom is -0.493 e. The van der Waals surface area contributed by atoms with Gasteiger partial charge in [0.2, 0.25) is 5.91 Å². The van der Waals surface area contributed by atoms with Gasteiger partial charge < -0.3 is 15.0 Å². The van der Waals surface area contributed by atoms with E-state index in [-0.39, 0.29) is 5.91 Å². The van der Waals surface area contributed by atoms with Gasteiger partial charge in [0, 0.05) is 37.0 Å². The number of aromatic amines is 1. The van der Waals surface area contributed by atoms with Crippen LogP contribution in [0, 0.1) is 0 Å². The van der Waals surface area contributed by atoms with E-state index in [0.29, 0.717) is 13.2 Å². The lowest BCUT2D eigenvalue weighted by Crippen LogP contribution is -2.22. The van der Waals surface area contributed by atoms with Crippen molar-refractivity contribution in [1.82, 2.24) is 10.3 Å². The van der Waals surface area contributed by atoms with Crippen molar-refractivity contribution in [2.75, 3.05) is 13.2 Å². The molecule has 4 heteroatoms. The second kappa shape index (κ2) is 7.68. The van der Waals surface area contributed by atoms with E-state index in [0.717, 1.165) is 29.5 Å². The topological polar surface area (TPSA) is 54.1 Å². The summed E-state index contributed by atoms with van der Waals surface area (Å²) in [4.78, 5) is 14.3. The monoisotopic (exact) mass is 322 g/mol. The van der Waals surface area contributed by atoms with E-state index < -0.39 is 0 Å². The molecule has 0 spiro atoms. The lowest BCUT2D eigenvalue weighted by atomic mass is 10.1. The normalized spacial score (nSPS) is 10.7. The molecule has 0 aliphatic rings. The molecule has 0 radical (unpaired) electrons. The maximum Gasteiger partial charge on any atom is 0.216 e. The molecule has 24 heavy (non-hydrogen) atoms. The van der Waals surface area contributed by atoms with Gasteiger partial charge in [-0.1, -0.05) is 30.3 Å². The van der Waals surface area contributed by atoms with Crippen LogP contribution in [-0.2, 0) is 17.6 Å². The summed E-state index contributed by atoms with van der Waals surface area (Å²) >= 11 is 0. The quantitative estimate of drug-likeness (QED) is 0.700. The van der Waals surface area contributed by atoms with E-state index >= 15 is 0 Å². The number of fused-ring (bicyclic) bond motifs is 1. The average Bonchev–Trinajstić information content (AvgIpc) is 2.98. The van der Waals surface area contributed by atoms with Crippen LogP contribution in [0.25, 0.3) is 10.9 Å². The number of nitrogens with one attached hydrogen (secondary N) is 2. The van der Waals surface area contributed by atoms with E-state index in [4.69, 9.17) is 4.74 Å². The number of carbonyl (C=O) groups is 1. The predicted octanol–water partition coefficient (Wildman–Crippen LogP) is 3.47. The molecule has 4 nitrogen and oxygen atoms in total. The summed E-state index contributed by atoms with van der Waals surface area (Å²) in [7, 11) is 0. The fourth-order valence-electron chi connectivity index (χ4n) is 2.76. The van der Waals surface area contributed by atoms with Gasteiger partial charge in [0.15, 0.2) is 0 Å². The summed E-state index contributed by atoms with van der Waals surface area (Å²) in [5.74, 6) is 0.874. The van der Waals surface area contributed by atoms with Crippen LogP contribution in [0.15, 0.2) is 54.7 Å². The van der Waals surface area contributed by atoms with Gasteiger partial charge in [-0.25, -0.2) is 0 Å². The molecule has 0 fully saturated rings. The predicted molar refractivity (Wildman–Crippen MR) is 96.3 cm³/mol. The minimum atomic E-state index is -0.000208. The molecule has 0 bridgehead atoms. The minimum absolute atomic E-state index is 0.000208. The van der Waals surface area contributed by atoms with Gasteiger partial charge in [-0.2, -0.15) is 0 Å². The highest BCUT2D eigenvalue weighted by Crippen LogP contribution is 2.24. The third-order valence-electron chi connectivity index (χ3n) is 4.01. The number of benzene rings is 2. The molecule has 2 aromatic carbocycles. The fourth-order valence-corrected chi connectivity index (χ4v) is 2.76. The van der Waals surface area contributed by atoms with Crippen molar-refractivity contribution >= 4 is 16.8 Å². The van der Waals surface area contributed by atoms with Crippen LogP contribution in [0.3, 0.4) is 0 Å². The smallest absolute Gasteiger partial charge is 0.216 e. The van der Waals surface area contributed by atoms with Gasteiger partial charge in [-0.15, -0.1) is 0 Å². The molecule has 124 valence electrons. The number of rotatable bonds is 7. The lowest BCUT2D eigenvalue weighted by molar-refractivity contribution is -0.118. The van der Waals surface area contributed by atoms with Gasteiger partial charge in [-0.05, 0) is 35.7 Å². The molecule has 0 saturated heterocycles. The summed E-state index contributed by atoms with van der Waals surface area (Å²) in [5, 5.41) is 3.98. The van der Waals surface area contributed by atoms with E-state index in [1.54, 1.807) is 0 Å². The number of carbonyl (C=O) groups excluding carboxylic acids is 1. The summed E-state index contributed by atoms with van der Waals surface area (Å²) < 4.78 is 5.90. The van der Waals surface area contributed by atoms with Crippen molar-refractivity contribution in [3.8, 4) is 5.75 Å². The molecule has 1 amide bonds. The number of hydrogen-bond acceptors (Lipinski definition) is 2. The lowest BCUT2D eigenvalue weighted by Gasteiger charge is -2.07. The molecule has 0 atom stereocenters. The maximum absolute atomic E-state index is 11.0. The molecule has 0 unspecified atom stereocenters. The molecule has 2 N–H and O–H groups in total. The zero-order valence-corrected chi connectivity index (χ0v) is 13.8. The van der Waals surface area contributed by atoms with Crippen LogP contribution in [0.5, 0.6) is 5.75 Å². The first kappa shape index (κ1) is 16.1. The first-order chi connectivity index (χ1) is 11.7. The third-order valence-corrected chi connectivity index (χ3v) is 4.01. The van der Waals surface area contributed by atoms with Crippen LogP contribution in [-0.4, -0.2) is 24.0 Å². The molecule has 3 rings (SSSR count). The second-order valence-electron chi connectivity index (χ2n) is 5.84. The van der Waals surface area contributed by atoms with Crippen molar-refractivity contribution in [2.24, 2.45) is 0 Å². The molecule has 3 aromatic rings. The van der Waals surface area contributed by atoms with Gasteiger partial charge >= 0.3 is 0 Å². The molecule has 0 saturated carbocycles. The van der Waals surface area contributed by atoms with Crippen LogP contribution in [0.1, 0.15) is 18.1 Å². The maximum atomic E-state index is 11.0. The zero-order chi connectivity index (χ0) is 16.8. The van der Waals surface area contributed by atoms with Crippen molar-refractivity contribution in [1.29, 1.82) is 0 Å². The van der Waals surface area contributed by atoms with E-state index in [1.165, 1.54) is 18.1 Å². The SMILES string of the molecule is CC(=O)NCCc1c[nH]c2ccc(OCCc3ccccc3)cc12. The van der Waals surface area contributed by atoms with Crippen molar-refractivity contribution in [3.05, 3.63) is 65.9 Å². The standard InChI is InChI=1S/C20H22N2O2/c1-15(23)21-11-9-17-14-22-20-8-7-18(13-19(17)20)24-12-10-16-5-3-2-4-6-16/h2-8,13-14,22H,9-12H2,1H3,(H,21,23).